The van der Waals surface area contributed by atoms with Gasteiger partial charge in [-0.25, -0.2) is 0 Å². The summed E-state index contributed by atoms with van der Waals surface area (Å²) in [6, 6.07) is 0.727. The molecule has 1 aliphatic carbocycles. The fraction of sp³-hybridized carbons (Fsp3) is 0.786. The lowest BCUT2D eigenvalue weighted by atomic mass is 10.1. The third-order valence-corrected chi connectivity index (χ3v) is 4.03. The minimum absolute atomic E-state index is 0.727. The van der Waals surface area contributed by atoms with Gasteiger partial charge in [-0.2, -0.15) is 5.10 Å². The second-order valence-electron chi connectivity index (χ2n) is 5.29. The van der Waals surface area contributed by atoms with Crippen LogP contribution >= 0.6 is 0 Å². The average Bonchev–Trinajstić information content (AvgIpc) is 2.92. The molecule has 2 atom stereocenters. The number of nitrogens with zero attached hydrogens (tertiary/aromatic N) is 2. The van der Waals surface area contributed by atoms with Crippen molar-refractivity contribution < 1.29 is 0 Å². The highest BCUT2D eigenvalue weighted by Gasteiger charge is 2.22. The second kappa shape index (κ2) is 5.67. The Morgan fingerprint density at radius 3 is 2.88 bits per heavy atom. The van der Waals surface area contributed by atoms with E-state index in [9.17, 15) is 0 Å². The second-order valence-corrected chi connectivity index (χ2v) is 5.29. The van der Waals surface area contributed by atoms with Gasteiger partial charge in [0, 0.05) is 31.4 Å². The fourth-order valence-corrected chi connectivity index (χ4v) is 2.91. The van der Waals surface area contributed by atoms with Crippen molar-refractivity contribution >= 4 is 0 Å². The lowest BCUT2D eigenvalue weighted by Crippen LogP contribution is -2.26. The van der Waals surface area contributed by atoms with Gasteiger partial charge < -0.3 is 5.32 Å². The van der Waals surface area contributed by atoms with Crippen LogP contribution in [0.5, 0.6) is 0 Å². The number of aromatic nitrogens is 2. The molecule has 1 heterocycles. The highest BCUT2D eigenvalue weighted by Crippen LogP contribution is 2.28. The molecule has 2 rings (SSSR count). The Kier molecular flexibility index (Phi) is 4.21. The van der Waals surface area contributed by atoms with E-state index in [1.807, 2.05) is 11.7 Å². The molecular formula is C14H25N3. The molecule has 17 heavy (non-hydrogen) atoms. The SMILES string of the molecule is CCc1nn(C)cc1CNC1CCC(CC)C1. The summed E-state index contributed by atoms with van der Waals surface area (Å²) in [7, 11) is 2.01. The van der Waals surface area contributed by atoms with Crippen molar-refractivity contribution in [3.8, 4) is 0 Å². The Hall–Kier alpha value is -0.830. The zero-order valence-electron chi connectivity index (χ0n) is 11.4. The van der Waals surface area contributed by atoms with E-state index in [0.29, 0.717) is 0 Å². The molecule has 1 saturated carbocycles. The van der Waals surface area contributed by atoms with Crippen LogP contribution in [0, 0.1) is 5.92 Å². The van der Waals surface area contributed by atoms with Crippen LogP contribution in [-0.4, -0.2) is 15.8 Å². The molecule has 0 saturated heterocycles. The first-order valence-electron chi connectivity index (χ1n) is 6.97. The Labute approximate surface area is 105 Å². The molecule has 1 fully saturated rings. The fourth-order valence-electron chi connectivity index (χ4n) is 2.91. The lowest BCUT2D eigenvalue weighted by Gasteiger charge is -2.12. The predicted octanol–water partition coefficient (Wildman–Crippen LogP) is 2.65. The van der Waals surface area contributed by atoms with Crippen LogP contribution in [0.3, 0.4) is 0 Å². The van der Waals surface area contributed by atoms with Gasteiger partial charge in [0.1, 0.15) is 0 Å². The molecule has 2 unspecified atom stereocenters. The molecule has 0 aromatic carbocycles. The molecule has 96 valence electrons. The van der Waals surface area contributed by atoms with Crippen molar-refractivity contribution in [1.82, 2.24) is 15.1 Å². The normalized spacial score (nSPS) is 24.4. The van der Waals surface area contributed by atoms with Gasteiger partial charge in [0.2, 0.25) is 0 Å². The third-order valence-electron chi connectivity index (χ3n) is 4.03. The maximum Gasteiger partial charge on any atom is 0.0666 e. The Morgan fingerprint density at radius 1 is 1.41 bits per heavy atom. The smallest absolute Gasteiger partial charge is 0.0666 e. The van der Waals surface area contributed by atoms with Crippen molar-refractivity contribution in [1.29, 1.82) is 0 Å². The zero-order valence-corrected chi connectivity index (χ0v) is 11.4. The number of hydrogen-bond acceptors (Lipinski definition) is 2. The molecule has 1 N–H and O–H groups in total. The van der Waals surface area contributed by atoms with Crippen LogP contribution in [0.15, 0.2) is 6.20 Å². The van der Waals surface area contributed by atoms with Gasteiger partial charge in [0.05, 0.1) is 5.69 Å². The number of aryl methyl sites for hydroxylation is 2. The standard InChI is InChI=1S/C14H25N3/c1-4-11-6-7-13(8-11)15-9-12-10-17(3)16-14(12)5-2/h10-11,13,15H,4-9H2,1-3H3. The van der Waals surface area contributed by atoms with Crippen LogP contribution < -0.4 is 5.32 Å². The first-order chi connectivity index (χ1) is 8.22. The van der Waals surface area contributed by atoms with Crippen molar-refractivity contribution in [2.24, 2.45) is 13.0 Å². The predicted molar refractivity (Wildman–Crippen MR) is 70.8 cm³/mol. The van der Waals surface area contributed by atoms with Crippen molar-refractivity contribution in [3.63, 3.8) is 0 Å². The quantitative estimate of drug-likeness (QED) is 0.850. The Bertz CT molecular complexity index is 356. The molecule has 3 heteroatoms. The molecule has 1 aromatic rings. The summed E-state index contributed by atoms with van der Waals surface area (Å²) < 4.78 is 1.93. The van der Waals surface area contributed by atoms with Gasteiger partial charge in [0.15, 0.2) is 0 Å². The highest BCUT2D eigenvalue weighted by molar-refractivity contribution is 5.16. The van der Waals surface area contributed by atoms with Crippen LogP contribution in [0.2, 0.25) is 0 Å². The van der Waals surface area contributed by atoms with E-state index in [1.165, 1.54) is 36.9 Å². The van der Waals surface area contributed by atoms with E-state index < -0.39 is 0 Å². The third kappa shape index (κ3) is 3.09. The summed E-state index contributed by atoms with van der Waals surface area (Å²) in [5, 5.41) is 8.18. The highest BCUT2D eigenvalue weighted by atomic mass is 15.3. The minimum atomic E-state index is 0.727. The largest absolute Gasteiger partial charge is 0.310 e. The van der Waals surface area contributed by atoms with E-state index in [4.69, 9.17) is 0 Å². The first-order valence-corrected chi connectivity index (χ1v) is 6.97. The zero-order chi connectivity index (χ0) is 12.3. The minimum Gasteiger partial charge on any atom is -0.310 e. The maximum absolute atomic E-state index is 4.48. The molecular weight excluding hydrogens is 210 g/mol. The molecule has 0 spiro atoms. The average molecular weight is 235 g/mol. The number of nitrogens with one attached hydrogen (secondary N) is 1. The van der Waals surface area contributed by atoms with E-state index in [-0.39, 0.29) is 0 Å². The van der Waals surface area contributed by atoms with Crippen molar-refractivity contribution in [2.45, 2.75) is 58.5 Å². The van der Waals surface area contributed by atoms with Gasteiger partial charge in [0.25, 0.3) is 0 Å². The summed E-state index contributed by atoms with van der Waals surface area (Å²) in [5.74, 6) is 0.951. The van der Waals surface area contributed by atoms with E-state index in [0.717, 1.165) is 24.9 Å². The van der Waals surface area contributed by atoms with Crippen LogP contribution in [0.1, 0.15) is 50.8 Å². The van der Waals surface area contributed by atoms with E-state index >= 15 is 0 Å². The van der Waals surface area contributed by atoms with Gasteiger partial charge in [-0.05, 0) is 31.6 Å². The summed E-state index contributed by atoms with van der Waals surface area (Å²) >= 11 is 0. The molecule has 0 amide bonds. The van der Waals surface area contributed by atoms with Crippen molar-refractivity contribution in [3.05, 3.63) is 17.5 Å². The maximum atomic E-state index is 4.48. The molecule has 3 nitrogen and oxygen atoms in total. The van der Waals surface area contributed by atoms with E-state index in [2.05, 4.69) is 30.5 Å². The summed E-state index contributed by atoms with van der Waals surface area (Å²) in [6.07, 6.45) is 8.63. The topological polar surface area (TPSA) is 29.9 Å². The summed E-state index contributed by atoms with van der Waals surface area (Å²) in [4.78, 5) is 0. The summed E-state index contributed by atoms with van der Waals surface area (Å²) in [5.41, 5.74) is 2.61. The van der Waals surface area contributed by atoms with Crippen LogP contribution in [0.4, 0.5) is 0 Å². The molecule has 1 aromatic heterocycles. The first kappa shape index (κ1) is 12.6. The van der Waals surface area contributed by atoms with Crippen LogP contribution in [0.25, 0.3) is 0 Å². The monoisotopic (exact) mass is 235 g/mol. The summed E-state index contributed by atoms with van der Waals surface area (Å²) in [6.45, 7) is 5.47. The number of rotatable bonds is 5. The molecule has 0 radical (unpaired) electrons. The molecule has 1 aliphatic rings. The Morgan fingerprint density at radius 2 is 2.24 bits per heavy atom. The van der Waals surface area contributed by atoms with Crippen molar-refractivity contribution in [2.75, 3.05) is 0 Å². The van der Waals surface area contributed by atoms with Crippen LogP contribution in [-0.2, 0) is 20.0 Å². The van der Waals surface area contributed by atoms with Gasteiger partial charge in [-0.15, -0.1) is 0 Å². The lowest BCUT2D eigenvalue weighted by molar-refractivity contribution is 0.476. The Balaban J connectivity index is 1.85. The van der Waals surface area contributed by atoms with E-state index in [1.54, 1.807) is 0 Å². The van der Waals surface area contributed by atoms with Gasteiger partial charge in [-0.1, -0.05) is 20.3 Å². The molecule has 0 bridgehead atoms. The van der Waals surface area contributed by atoms with Gasteiger partial charge in [-0.3, -0.25) is 4.68 Å². The molecule has 0 aliphatic heterocycles. The number of hydrogen-bond donors (Lipinski definition) is 1. The van der Waals surface area contributed by atoms with Gasteiger partial charge >= 0.3 is 0 Å².